The number of halogens is 3. The Morgan fingerprint density at radius 2 is 1.97 bits per heavy atom. The summed E-state index contributed by atoms with van der Waals surface area (Å²) in [7, 11) is 0. The summed E-state index contributed by atoms with van der Waals surface area (Å²) in [6.45, 7) is 0.241. The number of nitrogens with one attached hydrogen (secondary N) is 1. The van der Waals surface area contributed by atoms with Gasteiger partial charge in [-0.05, 0) is 24.0 Å². The van der Waals surface area contributed by atoms with E-state index in [1.54, 1.807) is 18.2 Å². The van der Waals surface area contributed by atoms with Crippen LogP contribution in [0.15, 0.2) is 18.2 Å². The zero-order valence-corrected chi connectivity index (χ0v) is 15.5. The second-order valence-electron chi connectivity index (χ2n) is 7.83. The molecule has 0 radical (unpaired) electrons. The molecule has 2 saturated heterocycles. The quantitative estimate of drug-likeness (QED) is 0.723. The monoisotopic (exact) mass is 410 g/mol. The highest BCUT2D eigenvalue weighted by atomic mass is 19.4. The van der Waals surface area contributed by atoms with Gasteiger partial charge in [0.1, 0.15) is 12.1 Å². The fraction of sp³-hybridized carbons (Fsp3) is 0.526. The van der Waals surface area contributed by atoms with E-state index in [4.69, 9.17) is 5.73 Å². The first-order valence-electron chi connectivity index (χ1n) is 9.47. The smallest absolute Gasteiger partial charge is 0.326 e. The third-order valence-electron chi connectivity index (χ3n) is 5.83. The normalized spacial score (nSPS) is 28.1. The molecule has 10 heteroatoms. The molecule has 2 fully saturated rings. The number of carbonyl (C=O) groups is 3. The van der Waals surface area contributed by atoms with Crippen molar-refractivity contribution in [2.45, 2.75) is 56.7 Å². The Labute approximate surface area is 165 Å². The molecule has 1 unspecified atom stereocenters. The molecule has 3 N–H and O–H groups in total. The molecule has 3 aliphatic rings. The second-order valence-corrected chi connectivity index (χ2v) is 7.83. The molecule has 1 aromatic carbocycles. The zero-order chi connectivity index (χ0) is 20.9. The van der Waals surface area contributed by atoms with Crippen molar-refractivity contribution < 1.29 is 27.6 Å². The van der Waals surface area contributed by atoms with E-state index in [-0.39, 0.29) is 44.8 Å². The Hall–Kier alpha value is -2.46. The average Bonchev–Trinajstić information content (AvgIpc) is 3.16. The van der Waals surface area contributed by atoms with Crippen LogP contribution in [0.5, 0.6) is 0 Å². The van der Waals surface area contributed by atoms with Crippen molar-refractivity contribution in [3.8, 4) is 0 Å². The highest BCUT2D eigenvalue weighted by molar-refractivity contribution is 6.05. The lowest BCUT2D eigenvalue weighted by Crippen LogP contribution is -2.52. The highest BCUT2D eigenvalue weighted by Crippen LogP contribution is 2.35. The van der Waals surface area contributed by atoms with Gasteiger partial charge in [-0.15, -0.1) is 0 Å². The third kappa shape index (κ3) is 3.62. The fourth-order valence-corrected chi connectivity index (χ4v) is 4.49. The van der Waals surface area contributed by atoms with Crippen LogP contribution in [-0.2, 0) is 22.7 Å². The summed E-state index contributed by atoms with van der Waals surface area (Å²) >= 11 is 0. The van der Waals surface area contributed by atoms with Gasteiger partial charge in [-0.2, -0.15) is 13.2 Å². The van der Waals surface area contributed by atoms with Crippen LogP contribution >= 0.6 is 0 Å². The summed E-state index contributed by atoms with van der Waals surface area (Å²) in [5.41, 5.74) is 7.27. The third-order valence-corrected chi connectivity index (χ3v) is 5.83. The van der Waals surface area contributed by atoms with E-state index in [2.05, 4.69) is 5.32 Å². The van der Waals surface area contributed by atoms with Crippen LogP contribution in [0, 0.1) is 0 Å². The van der Waals surface area contributed by atoms with Crippen molar-refractivity contribution in [3.63, 3.8) is 0 Å². The lowest BCUT2D eigenvalue weighted by molar-refractivity contribution is -0.177. The summed E-state index contributed by atoms with van der Waals surface area (Å²) in [6, 6.07) is 2.10. The van der Waals surface area contributed by atoms with Crippen molar-refractivity contribution in [2.24, 2.45) is 5.73 Å². The number of amides is 3. The van der Waals surface area contributed by atoms with Gasteiger partial charge in [0.05, 0.1) is 0 Å². The van der Waals surface area contributed by atoms with Gasteiger partial charge in [0.15, 0.2) is 0 Å². The number of imide groups is 1. The Morgan fingerprint density at radius 3 is 2.66 bits per heavy atom. The van der Waals surface area contributed by atoms with Gasteiger partial charge < -0.3 is 10.6 Å². The van der Waals surface area contributed by atoms with Crippen LogP contribution in [0.1, 0.15) is 40.7 Å². The number of piperidine rings is 1. The number of nitrogens with two attached hydrogens (primary N) is 1. The first kappa shape index (κ1) is 19.8. The first-order chi connectivity index (χ1) is 13.6. The molecule has 0 spiro atoms. The topological polar surface area (TPSA) is 95.7 Å². The van der Waals surface area contributed by atoms with Crippen molar-refractivity contribution >= 4 is 17.7 Å². The van der Waals surface area contributed by atoms with Gasteiger partial charge in [-0.25, -0.2) is 0 Å². The summed E-state index contributed by atoms with van der Waals surface area (Å²) in [5, 5.41) is 2.24. The maximum Gasteiger partial charge on any atom is 0.404 e. The number of hydrogen-bond acceptors (Lipinski definition) is 5. The number of hydrogen-bond donors (Lipinski definition) is 2. The van der Waals surface area contributed by atoms with E-state index in [0.717, 1.165) is 0 Å². The van der Waals surface area contributed by atoms with E-state index < -0.39 is 36.1 Å². The summed E-state index contributed by atoms with van der Waals surface area (Å²) < 4.78 is 40.1. The number of rotatable bonds is 3. The lowest BCUT2D eigenvalue weighted by atomic mass is 10.0. The molecule has 4 rings (SSSR count). The van der Waals surface area contributed by atoms with E-state index in [9.17, 15) is 27.6 Å². The van der Waals surface area contributed by atoms with Gasteiger partial charge in [0, 0.05) is 37.7 Å². The molecular weight excluding hydrogens is 389 g/mol. The van der Waals surface area contributed by atoms with Crippen molar-refractivity contribution in [2.75, 3.05) is 6.54 Å². The maximum absolute atomic E-state index is 13.4. The van der Waals surface area contributed by atoms with Crippen LogP contribution in [0.3, 0.4) is 0 Å². The molecule has 1 aromatic rings. The minimum Gasteiger partial charge on any atom is -0.326 e. The first-order valence-corrected chi connectivity index (χ1v) is 9.47. The number of fused-ring (bicyclic) bond motifs is 1. The highest BCUT2D eigenvalue weighted by Gasteiger charge is 2.48. The summed E-state index contributed by atoms with van der Waals surface area (Å²) in [6.07, 6.45) is -4.19. The molecule has 3 aliphatic heterocycles. The van der Waals surface area contributed by atoms with Gasteiger partial charge >= 0.3 is 6.18 Å². The molecular formula is C19H21F3N4O3. The predicted octanol–water partition coefficient (Wildman–Crippen LogP) is 0.911. The predicted molar refractivity (Wildman–Crippen MR) is 95.3 cm³/mol. The summed E-state index contributed by atoms with van der Waals surface area (Å²) in [4.78, 5) is 39.3. The van der Waals surface area contributed by atoms with E-state index >= 15 is 0 Å². The molecule has 3 atom stereocenters. The fourth-order valence-electron chi connectivity index (χ4n) is 4.49. The second kappa shape index (κ2) is 7.10. The zero-order valence-electron chi connectivity index (χ0n) is 15.5. The molecule has 0 aromatic heterocycles. The minimum atomic E-state index is -4.39. The van der Waals surface area contributed by atoms with E-state index in [1.165, 1.54) is 9.80 Å². The Morgan fingerprint density at radius 1 is 1.21 bits per heavy atom. The number of likely N-dealkylation sites (tertiary alicyclic amines) is 1. The van der Waals surface area contributed by atoms with Gasteiger partial charge in [-0.1, -0.05) is 18.2 Å². The van der Waals surface area contributed by atoms with Crippen LogP contribution in [0.2, 0.25) is 0 Å². The largest absolute Gasteiger partial charge is 0.404 e. The molecule has 156 valence electrons. The number of alkyl halides is 3. The standard InChI is InChI=1S/C19H21F3N4O3/c20-19(21,22)14-6-12(23)9-25(14)7-10-2-1-3-11-8-26(18(29)16(10)11)13-4-5-15(27)24-17(13)28/h1-3,12-14H,4-9,23H2,(H,24,27,28)/t12-,13?,14+/m0/s1. The molecule has 0 bridgehead atoms. The Balaban J connectivity index is 1.58. The number of benzene rings is 1. The molecule has 0 aliphatic carbocycles. The number of carbonyl (C=O) groups excluding carboxylic acids is 3. The maximum atomic E-state index is 13.4. The van der Waals surface area contributed by atoms with Crippen LogP contribution < -0.4 is 11.1 Å². The molecule has 29 heavy (non-hydrogen) atoms. The summed E-state index contributed by atoms with van der Waals surface area (Å²) in [5.74, 6) is -1.29. The van der Waals surface area contributed by atoms with Crippen LogP contribution in [-0.4, -0.2) is 58.4 Å². The lowest BCUT2D eigenvalue weighted by Gasteiger charge is -2.29. The van der Waals surface area contributed by atoms with Gasteiger partial charge in [0.2, 0.25) is 11.8 Å². The molecule has 0 saturated carbocycles. The van der Waals surface area contributed by atoms with Gasteiger partial charge in [0.25, 0.3) is 5.91 Å². The SMILES string of the molecule is N[C@H]1C[C@H](C(F)(F)F)N(Cc2cccc3c2C(=O)N(C2CCC(=O)NC2=O)C3)C1. The molecule has 3 amide bonds. The minimum absolute atomic E-state index is 0.0457. The molecule has 7 nitrogen and oxygen atoms in total. The van der Waals surface area contributed by atoms with E-state index in [1.807, 2.05) is 0 Å². The van der Waals surface area contributed by atoms with Gasteiger partial charge in [-0.3, -0.25) is 24.6 Å². The molecule has 3 heterocycles. The van der Waals surface area contributed by atoms with Crippen molar-refractivity contribution in [3.05, 3.63) is 34.9 Å². The van der Waals surface area contributed by atoms with Crippen LogP contribution in [0.4, 0.5) is 13.2 Å². The Bertz CT molecular complexity index is 873. The van der Waals surface area contributed by atoms with Crippen LogP contribution in [0.25, 0.3) is 0 Å². The van der Waals surface area contributed by atoms with Crippen molar-refractivity contribution in [1.82, 2.24) is 15.1 Å². The van der Waals surface area contributed by atoms with E-state index in [0.29, 0.717) is 16.7 Å². The average molecular weight is 410 g/mol. The Kier molecular flexibility index (Phi) is 4.86. The van der Waals surface area contributed by atoms with Crippen molar-refractivity contribution in [1.29, 1.82) is 0 Å². The number of nitrogens with zero attached hydrogens (tertiary/aromatic N) is 2.